The third-order valence-corrected chi connectivity index (χ3v) is 5.88. The van der Waals surface area contributed by atoms with E-state index in [4.69, 9.17) is 4.74 Å². The number of anilines is 1. The van der Waals surface area contributed by atoms with Crippen LogP contribution in [0.5, 0.6) is 5.75 Å². The quantitative estimate of drug-likeness (QED) is 0.612. The Bertz CT molecular complexity index is 892. The number of nitrogens with one attached hydrogen (secondary N) is 1. The number of benzene rings is 1. The number of ether oxygens (including phenoxy) is 1. The second-order valence-electron chi connectivity index (χ2n) is 6.03. The highest BCUT2D eigenvalue weighted by atomic mass is 79.9. The molecule has 3 aromatic rings. The lowest BCUT2D eigenvalue weighted by molar-refractivity contribution is 0.415. The van der Waals surface area contributed by atoms with Gasteiger partial charge in [0.05, 0.1) is 34.0 Å². The summed E-state index contributed by atoms with van der Waals surface area (Å²) in [6, 6.07) is 8.05. The Morgan fingerprint density at radius 3 is 2.92 bits per heavy atom. The van der Waals surface area contributed by atoms with E-state index in [0.717, 1.165) is 50.9 Å². The van der Waals surface area contributed by atoms with E-state index in [1.54, 1.807) is 18.9 Å². The van der Waals surface area contributed by atoms with Gasteiger partial charge in [0.25, 0.3) is 0 Å². The summed E-state index contributed by atoms with van der Waals surface area (Å²) < 4.78 is 6.33. The fourth-order valence-corrected chi connectivity index (χ4v) is 4.31. The van der Waals surface area contributed by atoms with Gasteiger partial charge in [-0.2, -0.15) is 0 Å². The number of aromatic amines is 1. The Balaban J connectivity index is 1.50. The number of H-pyrrole nitrogens is 1. The Hall–Kier alpha value is -1.73. The first-order valence-electron chi connectivity index (χ1n) is 8.29. The molecule has 4 rings (SSSR count). The Morgan fingerprint density at radius 2 is 2.12 bits per heavy atom. The largest absolute Gasteiger partial charge is 0.497 e. The van der Waals surface area contributed by atoms with Crippen molar-refractivity contribution in [1.29, 1.82) is 0 Å². The number of rotatable bonds is 5. The molecule has 5 nitrogen and oxygen atoms in total. The van der Waals surface area contributed by atoms with Gasteiger partial charge in [0.15, 0.2) is 5.16 Å². The highest BCUT2D eigenvalue weighted by molar-refractivity contribution is 9.10. The summed E-state index contributed by atoms with van der Waals surface area (Å²) in [4.78, 5) is 14.9. The average molecular weight is 419 g/mol. The minimum atomic E-state index is 0.783. The van der Waals surface area contributed by atoms with Gasteiger partial charge in [-0.05, 0) is 47.0 Å². The van der Waals surface area contributed by atoms with Gasteiger partial charge in [-0.1, -0.05) is 11.8 Å². The zero-order valence-electron chi connectivity index (χ0n) is 14.0. The van der Waals surface area contributed by atoms with Crippen molar-refractivity contribution >= 4 is 44.4 Å². The SMILES string of the molecule is COc1ccc2nc(SCc3cc(N4CCCC4)c(Br)cn3)[nH]c2c1. The molecule has 0 aliphatic carbocycles. The van der Waals surface area contributed by atoms with Crippen LogP contribution >= 0.6 is 27.7 Å². The van der Waals surface area contributed by atoms with E-state index >= 15 is 0 Å². The van der Waals surface area contributed by atoms with Gasteiger partial charge >= 0.3 is 0 Å². The number of thioether (sulfide) groups is 1. The van der Waals surface area contributed by atoms with Crippen molar-refractivity contribution in [2.45, 2.75) is 23.8 Å². The van der Waals surface area contributed by atoms with Gasteiger partial charge < -0.3 is 14.6 Å². The van der Waals surface area contributed by atoms with Crippen LogP contribution in [0.1, 0.15) is 18.5 Å². The van der Waals surface area contributed by atoms with Crippen molar-refractivity contribution < 1.29 is 4.74 Å². The second kappa shape index (κ2) is 7.25. The molecule has 0 saturated carbocycles. The maximum atomic E-state index is 5.26. The van der Waals surface area contributed by atoms with Gasteiger partial charge in [0, 0.05) is 31.1 Å². The molecular weight excluding hydrogens is 400 g/mol. The molecule has 2 aromatic heterocycles. The molecule has 25 heavy (non-hydrogen) atoms. The lowest BCUT2D eigenvalue weighted by Crippen LogP contribution is -2.18. The van der Waals surface area contributed by atoms with Crippen molar-refractivity contribution in [3.8, 4) is 5.75 Å². The Morgan fingerprint density at radius 1 is 1.28 bits per heavy atom. The van der Waals surface area contributed by atoms with E-state index in [1.165, 1.54) is 18.5 Å². The van der Waals surface area contributed by atoms with E-state index in [1.807, 2.05) is 24.4 Å². The number of hydrogen-bond donors (Lipinski definition) is 1. The van der Waals surface area contributed by atoms with Crippen LogP contribution in [-0.2, 0) is 5.75 Å². The third-order valence-electron chi connectivity index (χ3n) is 4.36. The monoisotopic (exact) mass is 418 g/mol. The second-order valence-corrected chi connectivity index (χ2v) is 7.85. The summed E-state index contributed by atoms with van der Waals surface area (Å²) in [5.74, 6) is 1.61. The zero-order valence-corrected chi connectivity index (χ0v) is 16.4. The number of imidazole rings is 1. The van der Waals surface area contributed by atoms with Crippen molar-refractivity contribution in [3.05, 3.63) is 40.6 Å². The molecule has 1 fully saturated rings. The predicted molar refractivity (Wildman–Crippen MR) is 106 cm³/mol. The smallest absolute Gasteiger partial charge is 0.166 e. The van der Waals surface area contributed by atoms with Crippen LogP contribution in [0.3, 0.4) is 0 Å². The maximum absolute atomic E-state index is 5.26. The molecule has 0 radical (unpaired) electrons. The lowest BCUT2D eigenvalue weighted by atomic mass is 10.3. The minimum Gasteiger partial charge on any atom is -0.497 e. The molecule has 0 atom stereocenters. The highest BCUT2D eigenvalue weighted by Gasteiger charge is 2.16. The molecule has 1 saturated heterocycles. The van der Waals surface area contributed by atoms with Gasteiger partial charge in [-0.25, -0.2) is 4.98 Å². The third kappa shape index (κ3) is 3.62. The standard InChI is InChI=1S/C18H19BrN4OS/c1-24-13-4-5-15-16(9-13)22-18(21-15)25-11-12-8-17(14(19)10-20-12)23-6-2-3-7-23/h4-5,8-10H,2-3,6-7,11H2,1H3,(H,21,22). The number of nitrogens with zero attached hydrogens (tertiary/aromatic N) is 3. The molecule has 1 aromatic carbocycles. The van der Waals surface area contributed by atoms with Crippen LogP contribution in [0.4, 0.5) is 5.69 Å². The Kier molecular flexibility index (Phi) is 4.85. The van der Waals surface area contributed by atoms with Gasteiger partial charge in [0.1, 0.15) is 5.75 Å². The normalized spacial score (nSPS) is 14.4. The van der Waals surface area contributed by atoms with Crippen LogP contribution in [0.25, 0.3) is 11.0 Å². The maximum Gasteiger partial charge on any atom is 0.166 e. The van der Waals surface area contributed by atoms with Gasteiger partial charge in [-0.15, -0.1) is 0 Å². The molecule has 1 aliphatic rings. The number of fused-ring (bicyclic) bond motifs is 1. The molecule has 0 unspecified atom stereocenters. The van der Waals surface area contributed by atoms with Crippen molar-refractivity contribution in [3.63, 3.8) is 0 Å². The molecule has 0 amide bonds. The zero-order chi connectivity index (χ0) is 17.2. The molecule has 1 aliphatic heterocycles. The van der Waals surface area contributed by atoms with E-state index in [9.17, 15) is 0 Å². The van der Waals surface area contributed by atoms with Gasteiger partial charge in [-0.3, -0.25) is 4.98 Å². The Labute approximate surface area is 159 Å². The molecule has 1 N–H and O–H groups in total. The molecule has 3 heterocycles. The molecule has 130 valence electrons. The summed E-state index contributed by atoms with van der Waals surface area (Å²) in [6.07, 6.45) is 4.44. The first kappa shape index (κ1) is 16.7. The highest BCUT2D eigenvalue weighted by Crippen LogP contribution is 2.31. The van der Waals surface area contributed by atoms with E-state index in [-0.39, 0.29) is 0 Å². The number of hydrogen-bond acceptors (Lipinski definition) is 5. The first-order chi connectivity index (χ1) is 12.2. The minimum absolute atomic E-state index is 0.783. The molecule has 0 spiro atoms. The summed E-state index contributed by atoms with van der Waals surface area (Å²) in [6.45, 7) is 2.25. The summed E-state index contributed by atoms with van der Waals surface area (Å²) in [7, 11) is 1.67. The molecular formula is C18H19BrN4OS. The van der Waals surface area contributed by atoms with E-state index in [2.05, 4.69) is 41.8 Å². The van der Waals surface area contributed by atoms with E-state index in [0.29, 0.717) is 0 Å². The summed E-state index contributed by atoms with van der Waals surface area (Å²) in [5, 5.41) is 0.899. The molecule has 0 bridgehead atoms. The number of pyridine rings is 1. The topological polar surface area (TPSA) is 54.0 Å². The summed E-state index contributed by atoms with van der Waals surface area (Å²) in [5.41, 5.74) is 4.25. The fourth-order valence-electron chi connectivity index (χ4n) is 3.05. The van der Waals surface area contributed by atoms with Crippen LogP contribution in [0.15, 0.2) is 40.1 Å². The number of aromatic nitrogens is 3. The number of methoxy groups -OCH3 is 1. The lowest BCUT2D eigenvalue weighted by Gasteiger charge is -2.19. The van der Waals surface area contributed by atoms with Gasteiger partial charge in [0.2, 0.25) is 0 Å². The van der Waals surface area contributed by atoms with Crippen molar-refractivity contribution in [2.75, 3.05) is 25.1 Å². The van der Waals surface area contributed by atoms with Crippen LogP contribution in [-0.4, -0.2) is 35.2 Å². The van der Waals surface area contributed by atoms with Crippen LogP contribution in [0, 0.1) is 0 Å². The summed E-state index contributed by atoms with van der Waals surface area (Å²) >= 11 is 5.30. The van der Waals surface area contributed by atoms with E-state index < -0.39 is 0 Å². The number of halogens is 1. The fraction of sp³-hybridized carbons (Fsp3) is 0.333. The van der Waals surface area contributed by atoms with Crippen LogP contribution < -0.4 is 9.64 Å². The molecule has 7 heteroatoms. The first-order valence-corrected chi connectivity index (χ1v) is 10.1. The van der Waals surface area contributed by atoms with Crippen molar-refractivity contribution in [1.82, 2.24) is 15.0 Å². The van der Waals surface area contributed by atoms with Crippen LogP contribution in [0.2, 0.25) is 0 Å². The predicted octanol–water partition coefficient (Wildman–Crippen LogP) is 4.62. The van der Waals surface area contributed by atoms with Crippen molar-refractivity contribution in [2.24, 2.45) is 0 Å². The average Bonchev–Trinajstić information content (AvgIpc) is 3.29.